The van der Waals surface area contributed by atoms with Gasteiger partial charge in [-0.15, -0.1) is 0 Å². The monoisotopic (exact) mass is 546 g/mol. The molecule has 3 aromatic rings. The van der Waals surface area contributed by atoms with E-state index in [-0.39, 0.29) is 13.2 Å². The SMILES string of the molecule is CCOC(=O)N/N=C(/C)c1ccc(OCc2ccc(COc3ccc(/C(C)=N/NC(=O)OCC)cc3)cc2)cc1. The van der Waals surface area contributed by atoms with Crippen molar-refractivity contribution in [1.29, 1.82) is 0 Å². The minimum Gasteiger partial charge on any atom is -0.489 e. The molecule has 10 nitrogen and oxygen atoms in total. The molecule has 3 rings (SSSR count). The van der Waals surface area contributed by atoms with E-state index in [4.69, 9.17) is 18.9 Å². The maximum Gasteiger partial charge on any atom is 0.427 e. The number of carbonyl (C=O) groups excluding carboxylic acids is 2. The Kier molecular flexibility index (Phi) is 11.5. The number of ether oxygens (including phenoxy) is 4. The van der Waals surface area contributed by atoms with E-state index in [1.165, 1.54) is 0 Å². The van der Waals surface area contributed by atoms with E-state index in [2.05, 4.69) is 21.1 Å². The number of hydrazone groups is 2. The molecule has 0 aliphatic carbocycles. The summed E-state index contributed by atoms with van der Waals surface area (Å²) in [5, 5.41) is 8.05. The first-order valence-corrected chi connectivity index (χ1v) is 12.9. The average Bonchev–Trinajstić information content (AvgIpc) is 2.98. The molecular weight excluding hydrogens is 512 g/mol. The van der Waals surface area contributed by atoms with E-state index in [9.17, 15) is 9.59 Å². The van der Waals surface area contributed by atoms with Crippen LogP contribution in [0.1, 0.15) is 49.9 Å². The number of nitrogens with zero attached hydrogens (tertiary/aromatic N) is 2. The summed E-state index contributed by atoms with van der Waals surface area (Å²) >= 11 is 0. The maximum atomic E-state index is 11.4. The highest BCUT2D eigenvalue weighted by Crippen LogP contribution is 2.17. The van der Waals surface area contributed by atoms with Gasteiger partial charge in [0.1, 0.15) is 24.7 Å². The van der Waals surface area contributed by atoms with Gasteiger partial charge in [0, 0.05) is 0 Å². The first-order chi connectivity index (χ1) is 19.4. The quantitative estimate of drug-likeness (QED) is 0.219. The second-order valence-electron chi connectivity index (χ2n) is 8.50. The Balaban J connectivity index is 1.44. The summed E-state index contributed by atoms with van der Waals surface area (Å²) in [6, 6.07) is 23.0. The van der Waals surface area contributed by atoms with Crippen molar-refractivity contribution in [2.75, 3.05) is 13.2 Å². The summed E-state index contributed by atoms with van der Waals surface area (Å²) in [5.41, 5.74) is 9.78. The third-order valence-electron chi connectivity index (χ3n) is 5.56. The van der Waals surface area contributed by atoms with Gasteiger partial charge >= 0.3 is 12.2 Å². The fourth-order valence-electron chi connectivity index (χ4n) is 3.36. The Bertz CT molecular complexity index is 1200. The first-order valence-electron chi connectivity index (χ1n) is 12.9. The number of benzene rings is 3. The summed E-state index contributed by atoms with van der Waals surface area (Å²) in [6.07, 6.45) is -1.17. The highest BCUT2D eigenvalue weighted by molar-refractivity contribution is 5.99. The van der Waals surface area contributed by atoms with Crippen LogP contribution in [0.25, 0.3) is 0 Å². The van der Waals surface area contributed by atoms with Crippen molar-refractivity contribution >= 4 is 23.6 Å². The molecule has 0 bridgehead atoms. The third-order valence-corrected chi connectivity index (χ3v) is 5.56. The fourth-order valence-corrected chi connectivity index (χ4v) is 3.36. The topological polar surface area (TPSA) is 120 Å². The van der Waals surface area contributed by atoms with Crippen molar-refractivity contribution in [3.63, 3.8) is 0 Å². The molecule has 10 heteroatoms. The molecule has 2 N–H and O–H groups in total. The summed E-state index contributed by atoms with van der Waals surface area (Å²) in [5.74, 6) is 1.45. The van der Waals surface area contributed by atoms with Crippen LogP contribution in [0.4, 0.5) is 9.59 Å². The van der Waals surface area contributed by atoms with E-state index in [0.29, 0.717) is 24.6 Å². The average molecular weight is 547 g/mol. The number of hydrogen-bond donors (Lipinski definition) is 2. The van der Waals surface area contributed by atoms with Crippen LogP contribution in [0.15, 0.2) is 83.0 Å². The zero-order chi connectivity index (χ0) is 28.7. The molecule has 0 saturated heterocycles. The second-order valence-corrected chi connectivity index (χ2v) is 8.50. The van der Waals surface area contributed by atoms with Gasteiger partial charge in [-0.1, -0.05) is 24.3 Å². The van der Waals surface area contributed by atoms with E-state index in [1.807, 2.05) is 72.8 Å². The lowest BCUT2D eigenvalue weighted by Gasteiger charge is -2.10. The minimum absolute atomic E-state index is 0.286. The molecule has 0 atom stereocenters. The zero-order valence-corrected chi connectivity index (χ0v) is 23.1. The van der Waals surface area contributed by atoms with E-state index in [0.717, 1.165) is 33.8 Å². The number of amides is 2. The molecule has 0 aliphatic heterocycles. The number of hydrogen-bond acceptors (Lipinski definition) is 8. The van der Waals surface area contributed by atoms with Gasteiger partial charge in [0.15, 0.2) is 0 Å². The van der Waals surface area contributed by atoms with Crippen molar-refractivity contribution in [1.82, 2.24) is 10.9 Å². The van der Waals surface area contributed by atoms with E-state index in [1.54, 1.807) is 27.7 Å². The van der Waals surface area contributed by atoms with Gasteiger partial charge in [0.05, 0.1) is 24.6 Å². The van der Waals surface area contributed by atoms with Crippen molar-refractivity contribution in [2.45, 2.75) is 40.9 Å². The van der Waals surface area contributed by atoms with Crippen LogP contribution in [-0.4, -0.2) is 36.8 Å². The lowest BCUT2D eigenvalue weighted by atomic mass is 10.1. The molecule has 0 radical (unpaired) electrons. The van der Waals surface area contributed by atoms with Gasteiger partial charge in [0.25, 0.3) is 0 Å². The van der Waals surface area contributed by atoms with Gasteiger partial charge in [-0.2, -0.15) is 10.2 Å². The van der Waals surface area contributed by atoms with Crippen molar-refractivity contribution in [3.8, 4) is 11.5 Å². The number of carbonyl (C=O) groups is 2. The minimum atomic E-state index is -0.586. The molecule has 0 saturated carbocycles. The largest absolute Gasteiger partial charge is 0.489 e. The smallest absolute Gasteiger partial charge is 0.427 e. The molecular formula is C30H34N4O6. The van der Waals surface area contributed by atoms with Gasteiger partial charge in [0.2, 0.25) is 0 Å². The predicted octanol–water partition coefficient (Wildman–Crippen LogP) is 5.78. The molecule has 3 aromatic carbocycles. The van der Waals surface area contributed by atoms with E-state index >= 15 is 0 Å². The summed E-state index contributed by atoms with van der Waals surface area (Å²) < 4.78 is 21.4. The van der Waals surface area contributed by atoms with Crippen LogP contribution < -0.4 is 20.3 Å². The van der Waals surface area contributed by atoms with Crippen LogP contribution in [0, 0.1) is 0 Å². The molecule has 0 aliphatic rings. The van der Waals surface area contributed by atoms with Crippen LogP contribution in [0.5, 0.6) is 11.5 Å². The fraction of sp³-hybridized carbons (Fsp3) is 0.267. The Hall–Kier alpha value is -4.86. The molecule has 0 aromatic heterocycles. The summed E-state index contributed by atoms with van der Waals surface area (Å²) in [4.78, 5) is 22.7. The first kappa shape index (κ1) is 29.7. The van der Waals surface area contributed by atoms with Gasteiger partial charge in [-0.05, 0) is 98.5 Å². The number of rotatable bonds is 12. The van der Waals surface area contributed by atoms with Crippen LogP contribution in [0.2, 0.25) is 0 Å². The molecule has 2 amide bonds. The summed E-state index contributed by atoms with van der Waals surface area (Å²) in [7, 11) is 0. The normalized spacial score (nSPS) is 11.4. The van der Waals surface area contributed by atoms with Crippen molar-refractivity contribution < 1.29 is 28.5 Å². The zero-order valence-electron chi connectivity index (χ0n) is 23.1. The maximum absolute atomic E-state index is 11.4. The molecule has 0 spiro atoms. The van der Waals surface area contributed by atoms with Crippen LogP contribution in [0.3, 0.4) is 0 Å². The molecule has 0 heterocycles. The Morgan fingerprint density at radius 1 is 0.600 bits per heavy atom. The van der Waals surface area contributed by atoms with Gasteiger partial charge < -0.3 is 18.9 Å². The Morgan fingerprint density at radius 2 is 0.950 bits per heavy atom. The molecule has 0 fully saturated rings. The van der Waals surface area contributed by atoms with E-state index < -0.39 is 12.2 Å². The Labute approximate surface area is 234 Å². The molecule has 210 valence electrons. The lowest BCUT2D eigenvalue weighted by Crippen LogP contribution is -2.20. The van der Waals surface area contributed by atoms with Crippen molar-refractivity contribution in [2.24, 2.45) is 10.2 Å². The number of nitrogens with one attached hydrogen (secondary N) is 2. The predicted molar refractivity (Wildman–Crippen MR) is 153 cm³/mol. The molecule has 40 heavy (non-hydrogen) atoms. The van der Waals surface area contributed by atoms with Gasteiger partial charge in [-0.25, -0.2) is 20.4 Å². The van der Waals surface area contributed by atoms with Gasteiger partial charge in [-0.3, -0.25) is 0 Å². The van der Waals surface area contributed by atoms with Crippen LogP contribution >= 0.6 is 0 Å². The summed E-state index contributed by atoms with van der Waals surface area (Å²) in [6.45, 7) is 8.48. The molecule has 0 unspecified atom stereocenters. The third kappa shape index (κ3) is 9.79. The lowest BCUT2D eigenvalue weighted by molar-refractivity contribution is 0.151. The highest BCUT2D eigenvalue weighted by atomic mass is 16.6. The van der Waals surface area contributed by atoms with Crippen LogP contribution in [-0.2, 0) is 22.7 Å². The highest BCUT2D eigenvalue weighted by Gasteiger charge is 2.04. The van der Waals surface area contributed by atoms with Crippen molar-refractivity contribution in [3.05, 3.63) is 95.1 Å². The Morgan fingerprint density at radius 3 is 1.27 bits per heavy atom. The second kappa shape index (κ2) is 15.5. The standard InChI is InChI=1S/C30H34N4O6/c1-5-37-29(35)33-31-21(3)25-11-15-27(16-12-25)39-19-23-7-9-24(10-8-23)20-40-28-17-13-26(14-18-28)22(4)32-34-30(36)38-6-2/h7-18H,5-6,19-20H2,1-4H3,(H,33,35)(H,34,36)/b31-21-,32-22+.